The van der Waals surface area contributed by atoms with E-state index < -0.39 is 0 Å². The first-order valence-corrected chi connectivity index (χ1v) is 6.96. The van der Waals surface area contributed by atoms with Gasteiger partial charge in [-0.15, -0.1) is 0 Å². The number of carbonyl (C=O) groups is 1. The maximum Gasteiger partial charge on any atom is 0.224 e. The molecule has 0 aliphatic rings. The number of benzene rings is 1. The number of amides is 1. The second-order valence-electron chi connectivity index (χ2n) is 6.26. The molecule has 1 unspecified atom stereocenters. The van der Waals surface area contributed by atoms with Crippen molar-refractivity contribution in [1.29, 1.82) is 0 Å². The summed E-state index contributed by atoms with van der Waals surface area (Å²) in [6.45, 7) is 8.87. The van der Waals surface area contributed by atoms with Gasteiger partial charge in [0, 0.05) is 6.42 Å². The van der Waals surface area contributed by atoms with E-state index >= 15 is 0 Å². The van der Waals surface area contributed by atoms with Crippen molar-refractivity contribution in [3.05, 3.63) is 23.8 Å². The molecular weight excluding hydrogens is 252 g/mol. The van der Waals surface area contributed by atoms with E-state index in [-0.39, 0.29) is 17.2 Å². The Hall–Kier alpha value is -1.55. The molecule has 4 nitrogen and oxygen atoms in total. The molecule has 112 valence electrons. The number of rotatable bonds is 5. The van der Waals surface area contributed by atoms with Gasteiger partial charge in [-0.05, 0) is 35.6 Å². The highest BCUT2D eigenvalue weighted by molar-refractivity contribution is 5.92. The Balaban J connectivity index is 2.94. The Kier molecular flexibility index (Phi) is 5.57. The first-order valence-electron chi connectivity index (χ1n) is 6.96. The van der Waals surface area contributed by atoms with Crippen LogP contribution in [0.15, 0.2) is 18.2 Å². The van der Waals surface area contributed by atoms with Gasteiger partial charge < -0.3 is 15.8 Å². The lowest BCUT2D eigenvalue weighted by atomic mass is 9.87. The highest BCUT2D eigenvalue weighted by Gasteiger charge is 2.17. The summed E-state index contributed by atoms with van der Waals surface area (Å²) in [5.74, 6) is 0.811. The van der Waals surface area contributed by atoms with E-state index in [1.807, 2.05) is 25.1 Å². The summed E-state index contributed by atoms with van der Waals surface area (Å²) < 4.78 is 5.31. The molecular formula is C16H26N2O2. The van der Waals surface area contributed by atoms with Crippen LogP contribution in [-0.2, 0) is 10.2 Å². The van der Waals surface area contributed by atoms with Gasteiger partial charge in [0.1, 0.15) is 5.75 Å². The number of methoxy groups -OCH3 is 1. The van der Waals surface area contributed by atoms with E-state index in [2.05, 4.69) is 26.1 Å². The fourth-order valence-corrected chi connectivity index (χ4v) is 1.87. The molecule has 0 heterocycles. The molecule has 0 spiro atoms. The number of ether oxygens (including phenoxy) is 1. The van der Waals surface area contributed by atoms with Gasteiger partial charge in [-0.3, -0.25) is 4.79 Å². The SMILES string of the molecule is COc1ccc(C(C)(C)C)cc1NC(=O)CC(C)CN. The molecule has 1 amide bonds. The van der Waals surface area contributed by atoms with Crippen molar-refractivity contribution in [2.24, 2.45) is 11.7 Å². The predicted molar refractivity (Wildman–Crippen MR) is 83.2 cm³/mol. The van der Waals surface area contributed by atoms with E-state index in [0.29, 0.717) is 24.4 Å². The van der Waals surface area contributed by atoms with Gasteiger partial charge in [0.2, 0.25) is 5.91 Å². The molecule has 0 aromatic heterocycles. The zero-order valence-electron chi connectivity index (χ0n) is 13.1. The molecule has 0 saturated heterocycles. The smallest absolute Gasteiger partial charge is 0.224 e. The summed E-state index contributed by atoms with van der Waals surface area (Å²) >= 11 is 0. The standard InChI is InChI=1S/C16H26N2O2/c1-11(10-17)8-15(19)18-13-9-12(16(2,3)4)6-7-14(13)20-5/h6-7,9,11H,8,10,17H2,1-5H3,(H,18,19). The van der Waals surface area contributed by atoms with Crippen LogP contribution in [0.1, 0.15) is 39.7 Å². The van der Waals surface area contributed by atoms with Crippen LogP contribution in [0.25, 0.3) is 0 Å². The Morgan fingerprint density at radius 3 is 2.55 bits per heavy atom. The number of hydrogen-bond acceptors (Lipinski definition) is 3. The average molecular weight is 278 g/mol. The second-order valence-corrected chi connectivity index (χ2v) is 6.26. The third-order valence-electron chi connectivity index (χ3n) is 3.28. The van der Waals surface area contributed by atoms with Gasteiger partial charge in [-0.2, -0.15) is 0 Å². The molecule has 1 aromatic carbocycles. The summed E-state index contributed by atoms with van der Waals surface area (Å²) in [4.78, 5) is 12.0. The first-order chi connectivity index (χ1) is 9.27. The Bertz CT molecular complexity index is 464. The van der Waals surface area contributed by atoms with Crippen molar-refractivity contribution < 1.29 is 9.53 Å². The number of anilines is 1. The zero-order valence-corrected chi connectivity index (χ0v) is 13.1. The lowest BCUT2D eigenvalue weighted by Gasteiger charge is -2.21. The minimum absolute atomic E-state index is 0.0241. The van der Waals surface area contributed by atoms with E-state index in [1.165, 1.54) is 0 Å². The minimum Gasteiger partial charge on any atom is -0.495 e. The second kappa shape index (κ2) is 6.75. The van der Waals surface area contributed by atoms with Gasteiger partial charge in [0.25, 0.3) is 0 Å². The van der Waals surface area contributed by atoms with Crippen molar-refractivity contribution in [2.75, 3.05) is 19.0 Å². The monoisotopic (exact) mass is 278 g/mol. The molecule has 1 rings (SSSR count). The third-order valence-corrected chi connectivity index (χ3v) is 3.28. The van der Waals surface area contributed by atoms with Crippen molar-refractivity contribution in [3.63, 3.8) is 0 Å². The number of nitrogens with one attached hydrogen (secondary N) is 1. The zero-order chi connectivity index (χ0) is 15.3. The van der Waals surface area contributed by atoms with Crippen LogP contribution in [0.5, 0.6) is 5.75 Å². The molecule has 20 heavy (non-hydrogen) atoms. The molecule has 0 aliphatic carbocycles. The molecule has 0 saturated carbocycles. The molecule has 0 bridgehead atoms. The Labute approximate surface area is 121 Å². The summed E-state index contributed by atoms with van der Waals surface area (Å²) in [7, 11) is 1.60. The Morgan fingerprint density at radius 1 is 1.40 bits per heavy atom. The molecule has 3 N–H and O–H groups in total. The summed E-state index contributed by atoms with van der Waals surface area (Å²) in [6.07, 6.45) is 0.416. The maximum atomic E-state index is 12.0. The molecule has 4 heteroatoms. The van der Waals surface area contributed by atoms with Crippen LogP contribution in [0.2, 0.25) is 0 Å². The van der Waals surface area contributed by atoms with E-state index in [4.69, 9.17) is 10.5 Å². The largest absolute Gasteiger partial charge is 0.495 e. The minimum atomic E-state index is -0.0349. The lowest BCUT2D eigenvalue weighted by Crippen LogP contribution is -2.20. The van der Waals surface area contributed by atoms with Crippen molar-refractivity contribution in [2.45, 2.75) is 39.5 Å². The van der Waals surface area contributed by atoms with E-state index in [0.717, 1.165) is 5.56 Å². The third kappa shape index (κ3) is 4.53. The van der Waals surface area contributed by atoms with Crippen LogP contribution in [0, 0.1) is 5.92 Å². The van der Waals surface area contributed by atoms with Crippen molar-refractivity contribution in [1.82, 2.24) is 0 Å². The molecule has 0 aliphatic heterocycles. The van der Waals surface area contributed by atoms with E-state index in [9.17, 15) is 4.79 Å². The molecule has 1 aromatic rings. The highest BCUT2D eigenvalue weighted by Crippen LogP contribution is 2.31. The van der Waals surface area contributed by atoms with Gasteiger partial charge in [0.05, 0.1) is 12.8 Å². The van der Waals surface area contributed by atoms with Crippen LogP contribution in [0.4, 0.5) is 5.69 Å². The van der Waals surface area contributed by atoms with Crippen LogP contribution in [0.3, 0.4) is 0 Å². The predicted octanol–water partition coefficient (Wildman–Crippen LogP) is 2.92. The van der Waals surface area contributed by atoms with Gasteiger partial charge in [-0.25, -0.2) is 0 Å². The first kappa shape index (κ1) is 16.5. The fourth-order valence-electron chi connectivity index (χ4n) is 1.87. The number of hydrogen-bond donors (Lipinski definition) is 2. The normalized spacial score (nSPS) is 12.9. The number of carbonyl (C=O) groups excluding carboxylic acids is 1. The average Bonchev–Trinajstić information content (AvgIpc) is 2.37. The van der Waals surface area contributed by atoms with Crippen LogP contribution < -0.4 is 15.8 Å². The fraction of sp³-hybridized carbons (Fsp3) is 0.562. The van der Waals surface area contributed by atoms with Gasteiger partial charge in [0.15, 0.2) is 0 Å². The summed E-state index contributed by atoms with van der Waals surface area (Å²) in [5, 5.41) is 2.92. The molecule has 1 atom stereocenters. The Morgan fingerprint density at radius 2 is 2.05 bits per heavy atom. The van der Waals surface area contributed by atoms with Crippen LogP contribution >= 0.6 is 0 Å². The highest BCUT2D eigenvalue weighted by atomic mass is 16.5. The maximum absolute atomic E-state index is 12.0. The van der Waals surface area contributed by atoms with Crippen molar-refractivity contribution in [3.8, 4) is 5.75 Å². The lowest BCUT2D eigenvalue weighted by molar-refractivity contribution is -0.116. The van der Waals surface area contributed by atoms with Gasteiger partial charge >= 0.3 is 0 Å². The van der Waals surface area contributed by atoms with Crippen LogP contribution in [-0.4, -0.2) is 19.6 Å². The number of nitrogens with two attached hydrogens (primary N) is 1. The summed E-state index contributed by atoms with van der Waals surface area (Å²) in [6, 6.07) is 5.89. The van der Waals surface area contributed by atoms with E-state index in [1.54, 1.807) is 7.11 Å². The van der Waals surface area contributed by atoms with Crippen molar-refractivity contribution >= 4 is 11.6 Å². The van der Waals surface area contributed by atoms with Gasteiger partial charge in [-0.1, -0.05) is 33.8 Å². The summed E-state index contributed by atoms with van der Waals surface area (Å²) in [5.41, 5.74) is 7.44. The quantitative estimate of drug-likeness (QED) is 0.870. The topological polar surface area (TPSA) is 64.3 Å². The molecule has 0 fully saturated rings. The molecule has 0 radical (unpaired) electrons.